The van der Waals surface area contributed by atoms with Crippen molar-refractivity contribution < 1.29 is 22.9 Å². The van der Waals surface area contributed by atoms with E-state index in [2.05, 4.69) is 4.74 Å². The molecule has 0 radical (unpaired) electrons. The van der Waals surface area contributed by atoms with Crippen LogP contribution in [0.2, 0.25) is 0 Å². The topological polar surface area (TPSA) is 107 Å². The molecule has 0 amide bonds. The fourth-order valence-electron chi connectivity index (χ4n) is 1.65. The van der Waals surface area contributed by atoms with Crippen molar-refractivity contribution in [2.45, 2.75) is 0 Å². The predicted molar refractivity (Wildman–Crippen MR) is 77.4 cm³/mol. The van der Waals surface area contributed by atoms with Crippen molar-refractivity contribution in [3.63, 3.8) is 0 Å². The molecule has 0 N–H and O–H groups in total. The first kappa shape index (κ1) is 16.9. The van der Waals surface area contributed by atoms with Crippen LogP contribution in [0.5, 0.6) is 0 Å². The molecule has 8 nitrogen and oxygen atoms in total. The molecule has 0 aliphatic rings. The number of sulfone groups is 1. The van der Waals surface area contributed by atoms with Crippen molar-refractivity contribution in [3.05, 3.63) is 33.9 Å². The van der Waals surface area contributed by atoms with Crippen LogP contribution in [0.15, 0.2) is 18.2 Å². The number of ether oxygens (including phenoxy) is 1. The van der Waals surface area contributed by atoms with E-state index in [1.807, 2.05) is 0 Å². The van der Waals surface area contributed by atoms with Crippen LogP contribution in [0.3, 0.4) is 0 Å². The molecule has 0 spiro atoms. The summed E-state index contributed by atoms with van der Waals surface area (Å²) in [4.78, 5) is 23.3. The van der Waals surface area contributed by atoms with Gasteiger partial charge in [-0.25, -0.2) is 13.2 Å². The summed E-state index contributed by atoms with van der Waals surface area (Å²) in [5.41, 5.74) is 0.106. The monoisotopic (exact) mass is 316 g/mol. The zero-order valence-corrected chi connectivity index (χ0v) is 12.7. The molecule has 9 heteroatoms. The Morgan fingerprint density at radius 2 is 2.05 bits per heavy atom. The van der Waals surface area contributed by atoms with Crippen molar-refractivity contribution in [2.24, 2.45) is 0 Å². The molecule has 0 heterocycles. The average molecular weight is 316 g/mol. The minimum absolute atomic E-state index is 0.0737. The van der Waals surface area contributed by atoms with Crippen LogP contribution in [0.25, 0.3) is 0 Å². The number of carbonyl (C=O) groups excluding carboxylic acids is 1. The number of methoxy groups -OCH3 is 1. The molecule has 1 rings (SSSR count). The average Bonchev–Trinajstić information content (AvgIpc) is 2.42. The molecule has 0 unspecified atom stereocenters. The second-order valence-corrected chi connectivity index (χ2v) is 6.76. The van der Waals surface area contributed by atoms with Gasteiger partial charge < -0.3 is 9.64 Å². The van der Waals surface area contributed by atoms with Gasteiger partial charge in [0.25, 0.3) is 5.69 Å². The summed E-state index contributed by atoms with van der Waals surface area (Å²) in [5.74, 6) is -0.772. The van der Waals surface area contributed by atoms with Crippen molar-refractivity contribution >= 4 is 27.2 Å². The number of nitro benzene ring substituents is 1. The molecule has 0 atom stereocenters. The Morgan fingerprint density at radius 3 is 2.52 bits per heavy atom. The zero-order chi connectivity index (χ0) is 16.2. The minimum Gasteiger partial charge on any atom is -0.465 e. The molecule has 0 fully saturated rings. The smallest absolute Gasteiger partial charge is 0.337 e. The van der Waals surface area contributed by atoms with E-state index in [0.717, 1.165) is 6.26 Å². The first-order valence-corrected chi connectivity index (χ1v) is 7.97. The highest BCUT2D eigenvalue weighted by Gasteiger charge is 2.20. The van der Waals surface area contributed by atoms with Crippen molar-refractivity contribution in [1.29, 1.82) is 0 Å². The van der Waals surface area contributed by atoms with Gasteiger partial charge in [-0.2, -0.15) is 0 Å². The highest BCUT2D eigenvalue weighted by molar-refractivity contribution is 7.90. The summed E-state index contributed by atoms with van der Waals surface area (Å²) in [7, 11) is -0.467. The highest BCUT2D eigenvalue weighted by Crippen LogP contribution is 2.28. The van der Waals surface area contributed by atoms with Gasteiger partial charge >= 0.3 is 5.97 Å². The van der Waals surface area contributed by atoms with Gasteiger partial charge in [-0.15, -0.1) is 0 Å². The first-order valence-electron chi connectivity index (χ1n) is 5.91. The van der Waals surface area contributed by atoms with Gasteiger partial charge in [0.05, 0.1) is 23.3 Å². The maximum Gasteiger partial charge on any atom is 0.337 e. The molecule has 0 aromatic heterocycles. The van der Waals surface area contributed by atoms with Crippen molar-refractivity contribution in [1.82, 2.24) is 0 Å². The quantitative estimate of drug-likeness (QED) is 0.435. The van der Waals surface area contributed by atoms with E-state index in [1.165, 1.54) is 37.3 Å². The molecule has 0 aliphatic carbocycles. The van der Waals surface area contributed by atoms with Gasteiger partial charge in [-0.05, 0) is 12.1 Å². The van der Waals surface area contributed by atoms with Gasteiger partial charge in [-0.3, -0.25) is 10.1 Å². The second kappa shape index (κ2) is 6.53. The lowest BCUT2D eigenvalue weighted by Gasteiger charge is -2.19. The molecule has 0 saturated heterocycles. The van der Waals surface area contributed by atoms with Crippen LogP contribution in [0.1, 0.15) is 10.4 Å². The van der Waals surface area contributed by atoms with E-state index in [1.54, 1.807) is 0 Å². The molecule has 116 valence electrons. The SMILES string of the molecule is COC(=O)c1ccc([N+](=O)[O-])c(N(C)CCS(C)(=O)=O)c1. The third kappa shape index (κ3) is 4.71. The normalized spacial score (nSPS) is 11.0. The summed E-state index contributed by atoms with van der Waals surface area (Å²) in [6.45, 7) is 0.0737. The Labute approximate surface area is 122 Å². The fraction of sp³-hybridized carbons (Fsp3) is 0.417. The number of carbonyl (C=O) groups is 1. The number of nitro groups is 1. The standard InChI is InChI=1S/C12H16N2O6S/c1-13(6-7-21(3,18)19)11-8-9(12(15)20-2)4-5-10(11)14(16)17/h4-5,8H,6-7H2,1-3H3. The van der Waals surface area contributed by atoms with Crippen molar-refractivity contribution in [2.75, 3.05) is 37.6 Å². The molecule has 1 aromatic rings. The number of rotatable bonds is 6. The lowest BCUT2D eigenvalue weighted by Crippen LogP contribution is -2.25. The van der Waals surface area contributed by atoms with Gasteiger partial charge in [0.1, 0.15) is 15.5 Å². The molecule has 0 saturated carbocycles. The van der Waals surface area contributed by atoms with Crippen LogP contribution in [0, 0.1) is 10.1 Å². The second-order valence-electron chi connectivity index (χ2n) is 4.50. The predicted octanol–water partition coefficient (Wildman–Crippen LogP) is 0.862. The van der Waals surface area contributed by atoms with E-state index < -0.39 is 20.7 Å². The van der Waals surface area contributed by atoms with Crippen LogP contribution >= 0.6 is 0 Å². The molecule has 1 aromatic carbocycles. The summed E-state index contributed by atoms with van der Waals surface area (Å²) in [5, 5.41) is 11.0. The number of anilines is 1. The van der Waals surface area contributed by atoms with Gasteiger partial charge in [0.15, 0.2) is 0 Å². The molecular weight excluding hydrogens is 300 g/mol. The molecule has 0 bridgehead atoms. The Hall–Kier alpha value is -2.16. The maximum atomic E-state index is 11.5. The highest BCUT2D eigenvalue weighted by atomic mass is 32.2. The van der Waals surface area contributed by atoms with Gasteiger partial charge in [0, 0.05) is 25.9 Å². The summed E-state index contributed by atoms with van der Waals surface area (Å²) >= 11 is 0. The van der Waals surface area contributed by atoms with E-state index in [4.69, 9.17) is 0 Å². The van der Waals surface area contributed by atoms with Crippen LogP contribution < -0.4 is 4.90 Å². The third-order valence-corrected chi connectivity index (χ3v) is 3.73. The fourth-order valence-corrected chi connectivity index (χ4v) is 2.26. The molecular formula is C12H16N2O6S. The number of hydrogen-bond acceptors (Lipinski definition) is 7. The minimum atomic E-state index is -3.19. The number of esters is 1. The maximum absolute atomic E-state index is 11.5. The lowest BCUT2D eigenvalue weighted by molar-refractivity contribution is -0.384. The van der Waals surface area contributed by atoms with E-state index in [-0.39, 0.29) is 29.2 Å². The summed E-state index contributed by atoms with van der Waals surface area (Å²) < 4.78 is 26.9. The number of benzene rings is 1. The van der Waals surface area contributed by atoms with Gasteiger partial charge in [0.2, 0.25) is 0 Å². The Kier molecular flexibility index (Phi) is 5.25. The summed E-state index contributed by atoms with van der Waals surface area (Å²) in [6, 6.07) is 3.79. The number of nitrogens with zero attached hydrogens (tertiary/aromatic N) is 2. The Balaban J connectivity index is 3.16. The third-order valence-electron chi connectivity index (χ3n) is 2.80. The van der Waals surface area contributed by atoms with Crippen LogP contribution in [-0.4, -0.2) is 52.0 Å². The van der Waals surface area contributed by atoms with E-state index >= 15 is 0 Å². The van der Waals surface area contributed by atoms with Crippen LogP contribution in [0.4, 0.5) is 11.4 Å². The first-order chi connectivity index (χ1) is 9.65. The summed E-state index contributed by atoms with van der Waals surface area (Å²) in [6.07, 6.45) is 1.08. The Morgan fingerprint density at radius 1 is 1.43 bits per heavy atom. The largest absolute Gasteiger partial charge is 0.465 e. The van der Waals surface area contributed by atoms with E-state index in [0.29, 0.717) is 0 Å². The Bertz CT molecular complexity index is 656. The van der Waals surface area contributed by atoms with Crippen molar-refractivity contribution in [3.8, 4) is 0 Å². The van der Waals surface area contributed by atoms with Crippen LogP contribution in [-0.2, 0) is 14.6 Å². The zero-order valence-electron chi connectivity index (χ0n) is 11.9. The number of hydrogen-bond donors (Lipinski definition) is 0. The lowest BCUT2D eigenvalue weighted by atomic mass is 10.1. The van der Waals surface area contributed by atoms with Gasteiger partial charge in [-0.1, -0.05) is 0 Å². The molecule has 0 aliphatic heterocycles. The van der Waals surface area contributed by atoms with E-state index in [9.17, 15) is 23.3 Å². The molecule has 21 heavy (non-hydrogen) atoms.